The highest BCUT2D eigenvalue weighted by Crippen LogP contribution is 2.41. The van der Waals surface area contributed by atoms with Crippen molar-refractivity contribution < 1.29 is 14.3 Å². The fourth-order valence-electron chi connectivity index (χ4n) is 5.09. The van der Waals surface area contributed by atoms with Crippen LogP contribution >= 0.6 is 0 Å². The quantitative estimate of drug-likeness (QED) is 0.520. The third-order valence-electron chi connectivity index (χ3n) is 6.74. The van der Waals surface area contributed by atoms with Gasteiger partial charge in [-0.05, 0) is 37.8 Å². The molecule has 10 heteroatoms. The van der Waals surface area contributed by atoms with Crippen LogP contribution in [0.25, 0.3) is 10.9 Å². The number of carboxylic acid groups (broad SMARTS) is 1. The van der Waals surface area contributed by atoms with E-state index in [4.69, 9.17) is 5.84 Å². The fraction of sp³-hybridized carbons (Fsp3) is 0.348. The lowest BCUT2D eigenvalue weighted by atomic mass is 9.89. The summed E-state index contributed by atoms with van der Waals surface area (Å²) in [5.41, 5.74) is -0.390. The molecule has 3 aromatic rings. The van der Waals surface area contributed by atoms with Crippen LogP contribution in [0.3, 0.4) is 0 Å². The highest BCUT2D eigenvalue weighted by atomic mass is 19.1. The van der Waals surface area contributed by atoms with Crippen LogP contribution in [-0.4, -0.2) is 33.5 Å². The number of aromatic nitrogens is 2. The summed E-state index contributed by atoms with van der Waals surface area (Å²) in [5, 5.41) is 12.2. The van der Waals surface area contributed by atoms with Gasteiger partial charge in [-0.2, -0.15) is 4.68 Å². The van der Waals surface area contributed by atoms with Crippen molar-refractivity contribution in [1.29, 1.82) is 0 Å². The molecule has 5 rings (SSSR count). The van der Waals surface area contributed by atoms with E-state index in [9.17, 15) is 19.5 Å². The third kappa shape index (κ3) is 3.24. The molecule has 1 unspecified atom stereocenters. The van der Waals surface area contributed by atoms with E-state index in [-0.39, 0.29) is 23.7 Å². The number of nitrogens with two attached hydrogens (primary N) is 1. The molecule has 2 fully saturated rings. The minimum absolute atomic E-state index is 0.0555. The summed E-state index contributed by atoms with van der Waals surface area (Å²) in [7, 11) is 0. The Labute approximate surface area is 187 Å². The second-order valence-corrected chi connectivity index (χ2v) is 8.84. The van der Waals surface area contributed by atoms with Crippen molar-refractivity contribution in [3.8, 4) is 0 Å². The maximum absolute atomic E-state index is 15.5. The molecule has 1 amide bonds. The highest BCUT2D eigenvalue weighted by Gasteiger charge is 2.42. The van der Waals surface area contributed by atoms with Gasteiger partial charge in [-0.3, -0.25) is 9.36 Å². The summed E-state index contributed by atoms with van der Waals surface area (Å²) in [4.78, 5) is 38.9. The van der Waals surface area contributed by atoms with Crippen LogP contribution in [-0.2, 0) is 5.54 Å². The van der Waals surface area contributed by atoms with E-state index in [1.54, 1.807) is 11.8 Å². The molecule has 1 aromatic heterocycles. The standard InChI is InChI=1S/C23H24FN5O4/c1-13-18-16(20(30)29(25)22(33)28(18)15-7-8-15)11-17(24)19(13)27-10-9-23(12-27,26-21(31)32)14-5-3-2-4-6-14/h2-6,11,15,26H,7-10,12,25H2,1H3,(H,31,32). The zero-order chi connectivity index (χ0) is 23.5. The zero-order valence-corrected chi connectivity index (χ0v) is 18.0. The summed E-state index contributed by atoms with van der Waals surface area (Å²) < 4.78 is 17.5. The molecule has 9 nitrogen and oxygen atoms in total. The van der Waals surface area contributed by atoms with Crippen molar-refractivity contribution in [3.05, 3.63) is 74.2 Å². The van der Waals surface area contributed by atoms with Crippen LogP contribution < -0.4 is 27.3 Å². The molecular formula is C23H24FN5O4. The molecule has 1 saturated carbocycles. The lowest BCUT2D eigenvalue weighted by Crippen LogP contribution is -2.47. The Morgan fingerprint density at radius 2 is 1.94 bits per heavy atom. The maximum Gasteiger partial charge on any atom is 0.405 e. The summed E-state index contributed by atoms with van der Waals surface area (Å²) >= 11 is 0. The second-order valence-electron chi connectivity index (χ2n) is 8.84. The average Bonchev–Trinajstić information content (AvgIpc) is 3.54. The minimum Gasteiger partial charge on any atom is -0.465 e. The number of aryl methyl sites for hydroxylation is 1. The molecule has 0 radical (unpaired) electrons. The van der Waals surface area contributed by atoms with Crippen LogP contribution in [0.4, 0.5) is 14.9 Å². The Kier molecular flexibility index (Phi) is 4.70. The first-order chi connectivity index (χ1) is 15.7. The minimum atomic E-state index is -1.16. The van der Waals surface area contributed by atoms with Gasteiger partial charge in [-0.25, -0.2) is 14.0 Å². The number of nitrogens with zero attached hydrogens (tertiary/aromatic N) is 3. The molecule has 4 N–H and O–H groups in total. The van der Waals surface area contributed by atoms with Gasteiger partial charge in [-0.15, -0.1) is 0 Å². The van der Waals surface area contributed by atoms with Crippen molar-refractivity contribution >= 4 is 22.7 Å². The molecule has 1 aliphatic heterocycles. The van der Waals surface area contributed by atoms with Gasteiger partial charge in [0.2, 0.25) is 0 Å². The van der Waals surface area contributed by atoms with Crippen LogP contribution in [0, 0.1) is 12.7 Å². The van der Waals surface area contributed by atoms with Gasteiger partial charge in [0.1, 0.15) is 5.82 Å². The number of rotatable bonds is 4. The van der Waals surface area contributed by atoms with Gasteiger partial charge in [0, 0.05) is 24.7 Å². The molecule has 33 heavy (non-hydrogen) atoms. The summed E-state index contributed by atoms with van der Waals surface area (Å²) in [5.74, 6) is 5.08. The average molecular weight is 453 g/mol. The van der Waals surface area contributed by atoms with E-state index in [0.717, 1.165) is 24.5 Å². The van der Waals surface area contributed by atoms with Crippen LogP contribution in [0.5, 0.6) is 0 Å². The predicted octanol–water partition coefficient (Wildman–Crippen LogP) is 2.03. The second kappa shape index (κ2) is 7.36. The van der Waals surface area contributed by atoms with Gasteiger partial charge in [0.25, 0.3) is 5.56 Å². The van der Waals surface area contributed by atoms with Crippen LogP contribution in [0.15, 0.2) is 46.0 Å². The number of hydrogen-bond donors (Lipinski definition) is 3. The summed E-state index contributed by atoms with van der Waals surface area (Å²) in [6.07, 6.45) is 0.827. The van der Waals surface area contributed by atoms with Gasteiger partial charge in [-0.1, -0.05) is 30.3 Å². The van der Waals surface area contributed by atoms with E-state index >= 15 is 4.39 Å². The van der Waals surface area contributed by atoms with E-state index in [1.807, 2.05) is 30.3 Å². The number of fused-ring (bicyclic) bond motifs is 1. The van der Waals surface area contributed by atoms with Crippen LogP contribution in [0.2, 0.25) is 0 Å². The van der Waals surface area contributed by atoms with Gasteiger partial charge in [0.05, 0.1) is 22.1 Å². The van der Waals surface area contributed by atoms with E-state index < -0.39 is 28.7 Å². The molecule has 172 valence electrons. The maximum atomic E-state index is 15.5. The molecule has 1 aliphatic carbocycles. The first-order valence-electron chi connectivity index (χ1n) is 10.8. The van der Waals surface area contributed by atoms with Crippen LogP contribution in [0.1, 0.15) is 36.4 Å². The first kappa shape index (κ1) is 21.0. The smallest absolute Gasteiger partial charge is 0.405 e. The van der Waals surface area contributed by atoms with Crippen molar-refractivity contribution in [2.45, 2.75) is 37.8 Å². The molecule has 0 spiro atoms. The Morgan fingerprint density at radius 3 is 2.58 bits per heavy atom. The largest absolute Gasteiger partial charge is 0.465 e. The van der Waals surface area contributed by atoms with Gasteiger partial charge in [0.15, 0.2) is 0 Å². The molecule has 0 bridgehead atoms. The fourth-order valence-corrected chi connectivity index (χ4v) is 5.09. The Morgan fingerprint density at radius 1 is 1.24 bits per heavy atom. The summed E-state index contributed by atoms with van der Waals surface area (Å²) in [6.45, 7) is 2.28. The number of nitrogens with one attached hydrogen (secondary N) is 1. The molecule has 2 aliphatic rings. The number of halogens is 1. The molecule has 2 heterocycles. The summed E-state index contributed by atoms with van der Waals surface area (Å²) in [6, 6.07) is 10.3. The Bertz CT molecular complexity index is 1400. The lowest BCUT2D eigenvalue weighted by Gasteiger charge is -2.31. The number of amides is 1. The Balaban J connectivity index is 1.68. The van der Waals surface area contributed by atoms with E-state index in [2.05, 4.69) is 5.32 Å². The number of hydrogen-bond acceptors (Lipinski definition) is 5. The monoisotopic (exact) mass is 453 g/mol. The highest BCUT2D eigenvalue weighted by molar-refractivity contribution is 5.87. The predicted molar refractivity (Wildman–Crippen MR) is 122 cm³/mol. The first-order valence-corrected chi connectivity index (χ1v) is 10.8. The molecular weight excluding hydrogens is 429 g/mol. The van der Waals surface area contributed by atoms with Crippen molar-refractivity contribution in [2.24, 2.45) is 0 Å². The van der Waals surface area contributed by atoms with E-state index in [1.165, 1.54) is 4.57 Å². The van der Waals surface area contributed by atoms with Crippen molar-refractivity contribution in [2.75, 3.05) is 23.8 Å². The normalized spacial score (nSPS) is 20.4. The lowest BCUT2D eigenvalue weighted by molar-refractivity contribution is 0.180. The van der Waals surface area contributed by atoms with E-state index in [0.29, 0.717) is 28.7 Å². The van der Waals surface area contributed by atoms with Gasteiger partial charge < -0.3 is 21.2 Å². The molecule has 1 saturated heterocycles. The molecule has 1 atom stereocenters. The topological polar surface area (TPSA) is 123 Å². The third-order valence-corrected chi connectivity index (χ3v) is 6.74. The van der Waals surface area contributed by atoms with Gasteiger partial charge >= 0.3 is 11.8 Å². The number of anilines is 1. The number of carbonyl (C=O) groups is 1. The Hall–Kier alpha value is -3.82. The molecule has 2 aromatic carbocycles. The van der Waals surface area contributed by atoms with Crippen molar-refractivity contribution in [1.82, 2.24) is 14.6 Å². The SMILES string of the molecule is Cc1c(N2CCC(NC(=O)O)(c3ccccc3)C2)c(F)cc2c(=O)n(N)c(=O)n(C3CC3)c12. The number of benzene rings is 2. The number of nitrogen functional groups attached to an aromatic ring is 1. The zero-order valence-electron chi connectivity index (χ0n) is 18.0. The van der Waals surface area contributed by atoms with Crippen molar-refractivity contribution in [3.63, 3.8) is 0 Å².